The number of rotatable bonds is 4. The molecular weight excluding hydrogens is 262 g/mol. The van der Waals surface area contributed by atoms with Crippen molar-refractivity contribution in [3.8, 4) is 0 Å². The fourth-order valence-corrected chi connectivity index (χ4v) is 3.61. The Morgan fingerprint density at radius 3 is 2.76 bits per heavy atom. The van der Waals surface area contributed by atoms with Crippen molar-refractivity contribution >= 4 is 5.91 Å². The molecule has 4 nitrogen and oxygen atoms in total. The highest BCUT2D eigenvalue weighted by Crippen LogP contribution is 2.26. The molecule has 2 aliphatic heterocycles. The van der Waals surface area contributed by atoms with Crippen molar-refractivity contribution < 1.29 is 4.79 Å². The Hall–Kier alpha value is -1.42. The van der Waals surface area contributed by atoms with Crippen LogP contribution >= 0.6 is 0 Å². The summed E-state index contributed by atoms with van der Waals surface area (Å²) >= 11 is 0. The van der Waals surface area contributed by atoms with Crippen molar-refractivity contribution in [2.24, 2.45) is 5.92 Å². The zero-order valence-electron chi connectivity index (χ0n) is 12.6. The molecule has 1 aromatic rings. The van der Waals surface area contributed by atoms with E-state index in [9.17, 15) is 4.79 Å². The van der Waals surface area contributed by atoms with Crippen LogP contribution in [0, 0.1) is 5.92 Å². The Morgan fingerprint density at radius 1 is 1.24 bits per heavy atom. The van der Waals surface area contributed by atoms with Crippen LogP contribution in [0.4, 0.5) is 0 Å². The van der Waals surface area contributed by atoms with Crippen molar-refractivity contribution in [1.82, 2.24) is 15.2 Å². The molecule has 0 aliphatic carbocycles. The Labute approximate surface area is 126 Å². The summed E-state index contributed by atoms with van der Waals surface area (Å²) in [5, 5.41) is 3.34. The number of hydrogen-bond donors (Lipinski definition) is 1. The highest BCUT2D eigenvalue weighted by atomic mass is 16.2. The number of carbonyl (C=O) groups excluding carboxylic acids is 1. The van der Waals surface area contributed by atoms with E-state index in [-0.39, 0.29) is 5.92 Å². The molecule has 0 radical (unpaired) electrons. The lowest BCUT2D eigenvalue weighted by molar-refractivity contribution is -0.137. The molecule has 1 atom stereocenters. The summed E-state index contributed by atoms with van der Waals surface area (Å²) in [5.74, 6) is 0.668. The first-order valence-corrected chi connectivity index (χ1v) is 8.24. The van der Waals surface area contributed by atoms with Crippen molar-refractivity contribution in [2.45, 2.75) is 44.6 Å². The quantitative estimate of drug-likeness (QED) is 0.921. The topological polar surface area (TPSA) is 45.2 Å². The van der Waals surface area contributed by atoms with Gasteiger partial charge < -0.3 is 10.2 Å². The Morgan fingerprint density at radius 2 is 2.00 bits per heavy atom. The number of likely N-dealkylation sites (tertiary alicyclic amines) is 1. The van der Waals surface area contributed by atoms with Gasteiger partial charge in [-0.3, -0.25) is 9.78 Å². The van der Waals surface area contributed by atoms with Gasteiger partial charge in [0.25, 0.3) is 0 Å². The number of carbonyl (C=O) groups is 1. The number of aryl methyl sites for hydroxylation is 1. The number of nitrogens with zero attached hydrogens (tertiary/aromatic N) is 2. The van der Waals surface area contributed by atoms with Crippen LogP contribution in [0.15, 0.2) is 24.5 Å². The molecule has 0 unspecified atom stereocenters. The molecule has 114 valence electrons. The lowest BCUT2D eigenvalue weighted by atomic mass is 9.95. The molecule has 21 heavy (non-hydrogen) atoms. The second-order valence-electron chi connectivity index (χ2n) is 6.25. The minimum absolute atomic E-state index is 0.257. The molecule has 1 aromatic heterocycles. The van der Waals surface area contributed by atoms with E-state index >= 15 is 0 Å². The highest BCUT2D eigenvalue weighted by Gasteiger charge is 2.33. The van der Waals surface area contributed by atoms with Crippen LogP contribution in [0.3, 0.4) is 0 Å². The van der Waals surface area contributed by atoms with Crippen LogP contribution in [-0.2, 0) is 11.2 Å². The van der Waals surface area contributed by atoms with Crippen molar-refractivity contribution in [3.63, 3.8) is 0 Å². The van der Waals surface area contributed by atoms with Gasteiger partial charge in [-0.2, -0.15) is 0 Å². The van der Waals surface area contributed by atoms with E-state index in [2.05, 4.69) is 27.3 Å². The lowest BCUT2D eigenvalue weighted by Crippen LogP contribution is -2.43. The third-order valence-electron chi connectivity index (χ3n) is 4.86. The third-order valence-corrected chi connectivity index (χ3v) is 4.86. The van der Waals surface area contributed by atoms with Gasteiger partial charge in [0.2, 0.25) is 5.91 Å². The number of nitrogens with one attached hydrogen (secondary N) is 1. The van der Waals surface area contributed by atoms with Gasteiger partial charge in [0.05, 0.1) is 0 Å². The normalized spacial score (nSPS) is 23.4. The summed E-state index contributed by atoms with van der Waals surface area (Å²) in [7, 11) is 0. The Kier molecular flexibility index (Phi) is 4.86. The number of hydrogen-bond acceptors (Lipinski definition) is 3. The summed E-state index contributed by atoms with van der Waals surface area (Å²) in [5.41, 5.74) is 1.33. The molecule has 0 spiro atoms. The molecule has 0 bridgehead atoms. The monoisotopic (exact) mass is 287 g/mol. The molecule has 0 saturated carbocycles. The zero-order chi connectivity index (χ0) is 14.5. The van der Waals surface area contributed by atoms with Gasteiger partial charge in [-0.25, -0.2) is 0 Å². The molecule has 2 fully saturated rings. The molecule has 3 rings (SSSR count). The maximum absolute atomic E-state index is 12.7. The molecule has 4 heteroatoms. The van der Waals surface area contributed by atoms with Gasteiger partial charge in [0, 0.05) is 30.9 Å². The van der Waals surface area contributed by atoms with Gasteiger partial charge in [0.1, 0.15) is 0 Å². The van der Waals surface area contributed by atoms with Crippen LogP contribution in [-0.4, -0.2) is 41.5 Å². The number of piperidine rings is 1. The van der Waals surface area contributed by atoms with Crippen molar-refractivity contribution in [2.75, 3.05) is 19.6 Å². The van der Waals surface area contributed by atoms with Crippen molar-refractivity contribution in [1.29, 1.82) is 0 Å². The lowest BCUT2D eigenvalue weighted by Gasteiger charge is -2.31. The first-order valence-electron chi connectivity index (χ1n) is 8.24. The first kappa shape index (κ1) is 14.5. The van der Waals surface area contributed by atoms with Gasteiger partial charge in [0.15, 0.2) is 0 Å². The van der Waals surface area contributed by atoms with E-state index in [1.165, 1.54) is 12.0 Å². The molecule has 2 saturated heterocycles. The van der Waals surface area contributed by atoms with E-state index in [0.717, 1.165) is 51.7 Å². The van der Waals surface area contributed by atoms with Crippen LogP contribution in [0.2, 0.25) is 0 Å². The van der Waals surface area contributed by atoms with E-state index in [0.29, 0.717) is 11.9 Å². The third kappa shape index (κ3) is 3.62. The maximum Gasteiger partial charge on any atom is 0.226 e. The summed E-state index contributed by atoms with van der Waals surface area (Å²) in [6.45, 7) is 2.95. The molecule has 1 N–H and O–H groups in total. The van der Waals surface area contributed by atoms with E-state index in [1.807, 2.05) is 12.4 Å². The van der Waals surface area contributed by atoms with Crippen LogP contribution < -0.4 is 5.32 Å². The summed E-state index contributed by atoms with van der Waals surface area (Å²) in [6, 6.07) is 4.60. The average molecular weight is 287 g/mol. The smallest absolute Gasteiger partial charge is 0.226 e. The Bertz CT molecular complexity index is 456. The van der Waals surface area contributed by atoms with Crippen LogP contribution in [0.1, 0.15) is 37.7 Å². The molecule has 0 aromatic carbocycles. The summed E-state index contributed by atoms with van der Waals surface area (Å²) < 4.78 is 0. The van der Waals surface area contributed by atoms with E-state index in [4.69, 9.17) is 0 Å². The van der Waals surface area contributed by atoms with Crippen molar-refractivity contribution in [3.05, 3.63) is 30.1 Å². The molecular formula is C17H25N3O. The maximum atomic E-state index is 12.7. The van der Waals surface area contributed by atoms with Gasteiger partial charge in [-0.1, -0.05) is 0 Å². The molecule has 3 heterocycles. The fraction of sp³-hybridized carbons (Fsp3) is 0.647. The second-order valence-corrected chi connectivity index (χ2v) is 6.25. The number of aromatic nitrogens is 1. The summed E-state index contributed by atoms with van der Waals surface area (Å²) in [6.07, 6.45) is 10.2. The fourth-order valence-electron chi connectivity index (χ4n) is 3.61. The van der Waals surface area contributed by atoms with Gasteiger partial charge in [-0.05, 0) is 69.3 Å². The van der Waals surface area contributed by atoms with Crippen LogP contribution in [0.5, 0.6) is 0 Å². The van der Waals surface area contributed by atoms with E-state index in [1.54, 1.807) is 0 Å². The number of pyridine rings is 1. The summed E-state index contributed by atoms with van der Waals surface area (Å²) in [4.78, 5) is 18.9. The predicted molar refractivity (Wildman–Crippen MR) is 82.9 cm³/mol. The molecule has 2 aliphatic rings. The minimum atomic E-state index is 0.257. The van der Waals surface area contributed by atoms with Crippen LogP contribution in [0.25, 0.3) is 0 Å². The number of amides is 1. The van der Waals surface area contributed by atoms with Gasteiger partial charge >= 0.3 is 0 Å². The largest absolute Gasteiger partial charge is 0.339 e. The zero-order valence-corrected chi connectivity index (χ0v) is 12.6. The average Bonchev–Trinajstić information content (AvgIpc) is 3.02. The predicted octanol–water partition coefficient (Wildman–Crippen LogP) is 2.00. The standard InChI is InChI=1S/C17H25N3O/c21-17(15-7-11-19-12-8-15)20-13-1-2-16(20)4-3-14-5-9-18-10-6-14/h5-6,9-10,15-16,19H,1-4,7-8,11-13H2/t16-/m1/s1. The second kappa shape index (κ2) is 7.03. The first-order chi connectivity index (χ1) is 10.3. The SMILES string of the molecule is O=C(C1CCNCC1)N1CCC[C@@H]1CCc1ccncc1. The molecule has 1 amide bonds. The highest BCUT2D eigenvalue weighted by molar-refractivity contribution is 5.79. The minimum Gasteiger partial charge on any atom is -0.339 e. The van der Waals surface area contributed by atoms with E-state index < -0.39 is 0 Å². The van der Waals surface area contributed by atoms with Gasteiger partial charge in [-0.15, -0.1) is 0 Å². The Balaban J connectivity index is 1.56.